The van der Waals surface area contributed by atoms with Crippen molar-refractivity contribution in [3.63, 3.8) is 0 Å². The third kappa shape index (κ3) is 4.45. The fourth-order valence-corrected chi connectivity index (χ4v) is 4.16. The van der Waals surface area contributed by atoms with Crippen LogP contribution in [0.5, 0.6) is 17.4 Å². The van der Waals surface area contributed by atoms with Gasteiger partial charge in [-0.1, -0.05) is 52.8 Å². The molecule has 1 N–H and O–H groups in total. The number of carbonyl (C=O) groups is 1. The van der Waals surface area contributed by atoms with Crippen LogP contribution in [0.15, 0.2) is 46.0 Å². The van der Waals surface area contributed by atoms with Crippen molar-refractivity contribution in [3.8, 4) is 28.6 Å². The van der Waals surface area contributed by atoms with Gasteiger partial charge < -0.3 is 19.5 Å². The summed E-state index contributed by atoms with van der Waals surface area (Å²) in [6, 6.07) is 11.2. The van der Waals surface area contributed by atoms with E-state index in [1.807, 2.05) is 31.2 Å². The molecule has 0 saturated carbocycles. The number of aromatic nitrogens is 3. The molecular weight excluding hydrogens is 484 g/mol. The quantitative estimate of drug-likeness (QED) is 0.298. The summed E-state index contributed by atoms with van der Waals surface area (Å²) in [5.41, 5.74) is 2.96. The monoisotopic (exact) mass is 502 g/mol. The van der Waals surface area contributed by atoms with Crippen molar-refractivity contribution in [2.75, 3.05) is 18.2 Å². The first-order valence-electron chi connectivity index (χ1n) is 9.46. The van der Waals surface area contributed by atoms with E-state index in [0.29, 0.717) is 32.7 Å². The van der Waals surface area contributed by atoms with Crippen LogP contribution in [-0.2, 0) is 4.79 Å². The Kier molecular flexibility index (Phi) is 6.28. The van der Waals surface area contributed by atoms with Crippen LogP contribution in [0.25, 0.3) is 11.3 Å². The maximum absolute atomic E-state index is 11.4. The highest BCUT2D eigenvalue weighted by Gasteiger charge is 2.28. The lowest BCUT2D eigenvalue weighted by molar-refractivity contribution is -0.132. The van der Waals surface area contributed by atoms with Gasteiger partial charge in [-0.3, -0.25) is 4.79 Å². The Morgan fingerprint density at radius 3 is 2.81 bits per heavy atom. The zero-order valence-corrected chi connectivity index (χ0v) is 19.4. The van der Waals surface area contributed by atoms with Crippen molar-refractivity contribution >= 4 is 39.3 Å². The van der Waals surface area contributed by atoms with E-state index in [4.69, 9.17) is 14.2 Å². The van der Waals surface area contributed by atoms with Gasteiger partial charge in [-0.15, -0.1) is 10.2 Å². The zero-order valence-electron chi connectivity index (χ0n) is 17.0. The standard InChI is InChI=1S/C21H19BrN4O4S/c1-4-31-21-24-20-18(25-26-21)12-7-5-6-8-15(12)23-19(30-20)13-9-16(28-3)17(10-14(13)22)29-11(2)27/h5-10,19,23H,4H2,1-3H3. The minimum absolute atomic E-state index is 0.311. The maximum atomic E-state index is 11.4. The Hall–Kier alpha value is -2.85. The number of nitrogens with zero attached hydrogens (tertiary/aromatic N) is 3. The van der Waals surface area contributed by atoms with Gasteiger partial charge in [0.2, 0.25) is 11.0 Å². The van der Waals surface area contributed by atoms with Gasteiger partial charge in [-0.05, 0) is 24.0 Å². The number of ether oxygens (including phenoxy) is 3. The Labute approximate surface area is 191 Å². The molecule has 0 amide bonds. The Balaban J connectivity index is 1.82. The fourth-order valence-electron chi connectivity index (χ4n) is 3.12. The number of methoxy groups -OCH3 is 1. The van der Waals surface area contributed by atoms with Crippen LogP contribution in [0.3, 0.4) is 0 Å². The van der Waals surface area contributed by atoms with Crippen molar-refractivity contribution in [2.24, 2.45) is 0 Å². The lowest BCUT2D eigenvalue weighted by Crippen LogP contribution is -2.18. The first-order chi connectivity index (χ1) is 15.0. The van der Waals surface area contributed by atoms with Crippen LogP contribution in [0.2, 0.25) is 0 Å². The van der Waals surface area contributed by atoms with Crippen LogP contribution >= 0.6 is 27.7 Å². The number of rotatable bonds is 5. The van der Waals surface area contributed by atoms with Gasteiger partial charge in [0, 0.05) is 28.2 Å². The third-order valence-corrected chi connectivity index (χ3v) is 5.83. The second-order valence-electron chi connectivity index (χ2n) is 6.49. The van der Waals surface area contributed by atoms with Crippen LogP contribution in [0.4, 0.5) is 5.69 Å². The third-order valence-electron chi connectivity index (χ3n) is 4.43. The summed E-state index contributed by atoms with van der Waals surface area (Å²) in [6.45, 7) is 3.36. The highest BCUT2D eigenvalue weighted by Crippen LogP contribution is 2.43. The molecule has 31 heavy (non-hydrogen) atoms. The molecule has 10 heteroatoms. The lowest BCUT2D eigenvalue weighted by Gasteiger charge is -2.22. The average Bonchev–Trinajstić information content (AvgIpc) is 2.90. The number of nitrogens with one attached hydrogen (secondary N) is 1. The van der Waals surface area contributed by atoms with Gasteiger partial charge in [0.05, 0.1) is 7.11 Å². The normalized spacial score (nSPS) is 14.4. The molecule has 3 aromatic rings. The number of para-hydroxylation sites is 1. The molecule has 0 radical (unpaired) electrons. The predicted molar refractivity (Wildman–Crippen MR) is 121 cm³/mol. The number of thioether (sulfide) groups is 1. The topological polar surface area (TPSA) is 95.5 Å². The van der Waals surface area contributed by atoms with Gasteiger partial charge in [0.1, 0.15) is 0 Å². The molecular formula is C21H19BrN4O4S. The Morgan fingerprint density at radius 2 is 2.06 bits per heavy atom. The van der Waals surface area contributed by atoms with E-state index in [1.54, 1.807) is 12.1 Å². The van der Waals surface area contributed by atoms with E-state index in [0.717, 1.165) is 22.6 Å². The fraction of sp³-hybridized carbons (Fsp3) is 0.238. The summed E-state index contributed by atoms with van der Waals surface area (Å²) < 4.78 is 17.6. The molecule has 1 unspecified atom stereocenters. The maximum Gasteiger partial charge on any atom is 0.308 e. The number of fused-ring (bicyclic) bond motifs is 3. The Morgan fingerprint density at radius 1 is 1.26 bits per heavy atom. The molecule has 0 saturated heterocycles. The summed E-state index contributed by atoms with van der Waals surface area (Å²) in [4.78, 5) is 16.0. The molecule has 0 spiro atoms. The zero-order chi connectivity index (χ0) is 22.0. The minimum atomic E-state index is -0.617. The molecule has 2 aromatic carbocycles. The number of carbonyl (C=O) groups excluding carboxylic acids is 1. The molecule has 1 aromatic heterocycles. The molecule has 2 heterocycles. The number of benzene rings is 2. The SMILES string of the molecule is CCSc1nnc2c(n1)OC(c1cc(OC)c(OC(C)=O)cc1Br)Nc1ccccc1-2. The largest absolute Gasteiger partial charge is 0.493 e. The second kappa shape index (κ2) is 9.11. The summed E-state index contributed by atoms with van der Waals surface area (Å²) in [6.07, 6.45) is -0.617. The highest BCUT2D eigenvalue weighted by atomic mass is 79.9. The summed E-state index contributed by atoms with van der Waals surface area (Å²) >= 11 is 5.05. The molecule has 0 aliphatic carbocycles. The van der Waals surface area contributed by atoms with Crippen molar-refractivity contribution in [1.82, 2.24) is 15.2 Å². The van der Waals surface area contributed by atoms with Crippen LogP contribution < -0.4 is 19.5 Å². The number of esters is 1. The van der Waals surface area contributed by atoms with Crippen molar-refractivity contribution < 1.29 is 19.0 Å². The van der Waals surface area contributed by atoms with E-state index in [2.05, 4.69) is 36.4 Å². The van der Waals surface area contributed by atoms with Crippen molar-refractivity contribution in [2.45, 2.75) is 25.2 Å². The molecule has 4 rings (SSSR count). The molecule has 8 nitrogen and oxygen atoms in total. The van der Waals surface area contributed by atoms with Gasteiger partial charge in [0.15, 0.2) is 23.4 Å². The Bertz CT molecular complexity index is 1140. The van der Waals surface area contributed by atoms with Crippen LogP contribution in [0.1, 0.15) is 25.6 Å². The lowest BCUT2D eigenvalue weighted by atomic mass is 10.1. The van der Waals surface area contributed by atoms with E-state index < -0.39 is 12.2 Å². The van der Waals surface area contributed by atoms with Crippen LogP contribution in [0, 0.1) is 0 Å². The predicted octanol–water partition coefficient (Wildman–Crippen LogP) is 4.85. The van der Waals surface area contributed by atoms with Gasteiger partial charge in [0.25, 0.3) is 0 Å². The number of halogens is 1. The van der Waals surface area contributed by atoms with Crippen molar-refractivity contribution in [1.29, 1.82) is 0 Å². The van der Waals surface area contributed by atoms with E-state index in [-0.39, 0.29) is 0 Å². The average molecular weight is 503 g/mol. The van der Waals surface area contributed by atoms with Gasteiger partial charge >= 0.3 is 5.97 Å². The van der Waals surface area contributed by atoms with Gasteiger partial charge in [-0.2, -0.15) is 4.98 Å². The first kappa shape index (κ1) is 21.4. The molecule has 0 bridgehead atoms. The van der Waals surface area contributed by atoms with E-state index in [9.17, 15) is 4.79 Å². The molecule has 1 atom stereocenters. The van der Waals surface area contributed by atoms with E-state index >= 15 is 0 Å². The summed E-state index contributed by atoms with van der Waals surface area (Å²) in [5, 5.41) is 12.5. The molecule has 0 fully saturated rings. The summed E-state index contributed by atoms with van der Waals surface area (Å²) in [7, 11) is 1.51. The highest BCUT2D eigenvalue weighted by molar-refractivity contribution is 9.10. The number of hydrogen-bond acceptors (Lipinski definition) is 9. The van der Waals surface area contributed by atoms with Crippen LogP contribution in [-0.4, -0.2) is 34.0 Å². The smallest absolute Gasteiger partial charge is 0.308 e. The summed E-state index contributed by atoms with van der Waals surface area (Å²) in [5.74, 6) is 1.47. The number of hydrogen-bond donors (Lipinski definition) is 1. The van der Waals surface area contributed by atoms with Gasteiger partial charge in [-0.25, -0.2) is 0 Å². The van der Waals surface area contributed by atoms with E-state index in [1.165, 1.54) is 25.8 Å². The first-order valence-corrected chi connectivity index (χ1v) is 11.2. The minimum Gasteiger partial charge on any atom is -0.493 e. The molecule has 1 aliphatic heterocycles. The van der Waals surface area contributed by atoms with Crippen molar-refractivity contribution in [3.05, 3.63) is 46.4 Å². The molecule has 160 valence electrons. The molecule has 1 aliphatic rings. The second-order valence-corrected chi connectivity index (χ2v) is 8.57. The number of anilines is 1.